The first-order valence-corrected chi connectivity index (χ1v) is 15.2. The van der Waals surface area contributed by atoms with Crippen molar-refractivity contribution in [3.63, 3.8) is 0 Å². The van der Waals surface area contributed by atoms with E-state index in [1.807, 2.05) is 12.1 Å². The number of aromatic nitrogens is 3. The predicted molar refractivity (Wildman–Crippen MR) is 141 cm³/mol. The molecule has 2 aromatic heterocycles. The molecule has 9 nitrogen and oxygen atoms in total. The Hall–Kier alpha value is -2.69. The number of nitrogen functional groups attached to an aromatic ring is 1. The van der Waals surface area contributed by atoms with E-state index in [9.17, 15) is 8.42 Å². The van der Waals surface area contributed by atoms with Crippen LogP contribution >= 0.6 is 0 Å². The van der Waals surface area contributed by atoms with E-state index in [0.717, 1.165) is 66.4 Å². The molecule has 2 bridgehead atoms. The maximum atomic E-state index is 11.8. The van der Waals surface area contributed by atoms with Gasteiger partial charge in [-0.25, -0.2) is 18.4 Å². The molecule has 0 amide bonds. The third kappa shape index (κ3) is 4.19. The van der Waals surface area contributed by atoms with Crippen LogP contribution in [0.2, 0.25) is 0 Å². The van der Waals surface area contributed by atoms with Crippen molar-refractivity contribution >= 4 is 26.7 Å². The minimum Gasteiger partial charge on any atom is -0.491 e. The van der Waals surface area contributed by atoms with Crippen molar-refractivity contribution in [2.24, 2.45) is 0 Å². The van der Waals surface area contributed by atoms with Gasteiger partial charge in [-0.15, -0.1) is 0 Å². The van der Waals surface area contributed by atoms with E-state index in [4.69, 9.17) is 15.2 Å². The lowest BCUT2D eigenvalue weighted by molar-refractivity contribution is -0.0198. The number of fused-ring (bicyclic) bond motifs is 3. The highest BCUT2D eigenvalue weighted by Gasteiger charge is 2.46. The maximum absolute atomic E-state index is 11.8. The number of nitrogens with two attached hydrogens (primary N) is 1. The van der Waals surface area contributed by atoms with Crippen molar-refractivity contribution in [2.75, 3.05) is 36.9 Å². The molecule has 0 spiro atoms. The van der Waals surface area contributed by atoms with E-state index in [1.54, 1.807) is 0 Å². The molecular weight excluding hydrogens is 490 g/mol. The fourth-order valence-electron chi connectivity index (χ4n) is 6.63. The minimum atomic E-state index is -2.87. The summed E-state index contributed by atoms with van der Waals surface area (Å²) in [5.74, 6) is 1.82. The summed E-state index contributed by atoms with van der Waals surface area (Å²) in [5.41, 5.74) is 9.13. The summed E-state index contributed by atoms with van der Waals surface area (Å²) in [5, 5.41) is 0.864. The summed E-state index contributed by atoms with van der Waals surface area (Å²) in [6, 6.07) is 8.86. The van der Waals surface area contributed by atoms with E-state index < -0.39 is 9.84 Å². The molecule has 0 unspecified atom stereocenters. The molecule has 10 heteroatoms. The Morgan fingerprint density at radius 2 is 1.89 bits per heavy atom. The number of sulfone groups is 1. The van der Waals surface area contributed by atoms with E-state index in [2.05, 4.69) is 37.8 Å². The summed E-state index contributed by atoms with van der Waals surface area (Å²) >= 11 is 0. The van der Waals surface area contributed by atoms with Crippen molar-refractivity contribution in [1.29, 1.82) is 0 Å². The number of benzene rings is 1. The number of ether oxygens (including phenoxy) is 2. The highest BCUT2D eigenvalue weighted by molar-refractivity contribution is 7.91. The second kappa shape index (κ2) is 8.68. The zero-order chi connectivity index (χ0) is 25.2. The largest absolute Gasteiger partial charge is 0.491 e. The zero-order valence-corrected chi connectivity index (χ0v) is 21.7. The molecule has 1 saturated carbocycles. The SMILES string of the molecule is Nc1ncnc2c1c(-c1cccc(OCC34CCC(CC3)O4)c1)cn2C1CC(N2CCS(=O)(=O)CC2)C1. The monoisotopic (exact) mass is 523 g/mol. The highest BCUT2D eigenvalue weighted by Crippen LogP contribution is 2.45. The second-order valence-electron chi connectivity index (χ2n) is 11.2. The predicted octanol–water partition coefficient (Wildman–Crippen LogP) is 3.20. The highest BCUT2D eigenvalue weighted by atomic mass is 32.2. The van der Waals surface area contributed by atoms with Crippen molar-refractivity contribution in [3.8, 4) is 16.9 Å². The number of hydrogen-bond donors (Lipinski definition) is 1. The smallest absolute Gasteiger partial charge is 0.152 e. The van der Waals surface area contributed by atoms with E-state index in [1.165, 1.54) is 6.33 Å². The summed E-state index contributed by atoms with van der Waals surface area (Å²) in [6.07, 6.45) is 10.5. The van der Waals surface area contributed by atoms with Crippen molar-refractivity contribution in [2.45, 2.75) is 62.3 Å². The van der Waals surface area contributed by atoms with Crippen LogP contribution in [-0.4, -0.2) is 76.8 Å². The average molecular weight is 524 g/mol. The molecule has 1 aliphatic carbocycles. The molecule has 3 aromatic rings. The van der Waals surface area contributed by atoms with Crippen LogP contribution in [0.4, 0.5) is 5.82 Å². The van der Waals surface area contributed by atoms with E-state index in [0.29, 0.717) is 43.7 Å². The lowest BCUT2D eigenvalue weighted by Gasteiger charge is -2.44. The number of anilines is 1. The van der Waals surface area contributed by atoms with Gasteiger partial charge in [0.15, 0.2) is 9.84 Å². The van der Waals surface area contributed by atoms with Gasteiger partial charge >= 0.3 is 0 Å². The number of rotatable bonds is 6. The fourth-order valence-corrected chi connectivity index (χ4v) is 7.86. The number of hydrogen-bond acceptors (Lipinski definition) is 8. The summed E-state index contributed by atoms with van der Waals surface area (Å²) < 4.78 is 38.3. The van der Waals surface area contributed by atoms with Crippen molar-refractivity contribution < 1.29 is 17.9 Å². The molecule has 3 aliphatic heterocycles. The van der Waals surface area contributed by atoms with Gasteiger partial charge in [-0.3, -0.25) is 4.90 Å². The van der Waals surface area contributed by atoms with Crippen LogP contribution in [0.5, 0.6) is 5.75 Å². The minimum absolute atomic E-state index is 0.117. The Balaban J connectivity index is 1.13. The molecule has 37 heavy (non-hydrogen) atoms. The van der Waals surface area contributed by atoms with Gasteiger partial charge < -0.3 is 19.8 Å². The third-order valence-corrected chi connectivity index (χ3v) is 10.5. The van der Waals surface area contributed by atoms with Gasteiger partial charge in [-0.05, 0) is 56.2 Å². The third-order valence-electron chi connectivity index (χ3n) is 8.92. The molecule has 2 N–H and O–H groups in total. The first-order valence-electron chi connectivity index (χ1n) is 13.3. The standard InChI is InChI=1S/C27H33N5O4S/c28-25-24-23(18-2-1-3-22(12-18)35-16-27-6-4-21(36-27)5-7-27)15-32(26(24)30-17-29-25)20-13-19(14-20)31-8-10-37(33,34)11-9-31/h1-3,12,15,17,19-21H,4-11,13-14,16H2,(H2,28,29,30). The number of nitrogens with zero attached hydrogens (tertiary/aromatic N) is 4. The Labute approximate surface area is 216 Å². The molecule has 4 aliphatic rings. The van der Waals surface area contributed by atoms with Crippen LogP contribution in [0.15, 0.2) is 36.8 Å². The van der Waals surface area contributed by atoms with Crippen molar-refractivity contribution in [3.05, 3.63) is 36.8 Å². The van der Waals surface area contributed by atoms with E-state index >= 15 is 0 Å². The average Bonchev–Trinajstić information content (AvgIpc) is 3.58. The van der Waals surface area contributed by atoms with Gasteiger partial charge in [0, 0.05) is 36.9 Å². The quantitative estimate of drug-likeness (QED) is 0.524. The Kier molecular flexibility index (Phi) is 5.49. The van der Waals surface area contributed by atoms with Crippen LogP contribution in [0, 0.1) is 0 Å². The van der Waals surface area contributed by atoms with Crippen LogP contribution in [-0.2, 0) is 14.6 Å². The van der Waals surface area contributed by atoms with Crippen LogP contribution in [0.1, 0.15) is 44.6 Å². The normalized spacial score (nSPS) is 31.0. The molecule has 0 radical (unpaired) electrons. The van der Waals surface area contributed by atoms with Crippen molar-refractivity contribution in [1.82, 2.24) is 19.4 Å². The molecule has 4 fully saturated rings. The zero-order valence-electron chi connectivity index (χ0n) is 20.9. The topological polar surface area (TPSA) is 113 Å². The van der Waals surface area contributed by atoms with Crippen LogP contribution < -0.4 is 10.5 Å². The fraction of sp³-hybridized carbons (Fsp3) is 0.556. The first kappa shape index (κ1) is 23.4. The van der Waals surface area contributed by atoms with Gasteiger partial charge in [0.2, 0.25) is 0 Å². The molecule has 0 atom stereocenters. The van der Waals surface area contributed by atoms with Gasteiger partial charge in [0.05, 0.1) is 23.0 Å². The molecule has 5 heterocycles. The molecular formula is C27H33N5O4S. The molecule has 1 aromatic carbocycles. The summed E-state index contributed by atoms with van der Waals surface area (Å²) in [4.78, 5) is 11.2. The maximum Gasteiger partial charge on any atom is 0.152 e. The molecule has 196 valence electrons. The second-order valence-corrected chi connectivity index (χ2v) is 13.5. The Morgan fingerprint density at radius 3 is 2.62 bits per heavy atom. The van der Waals surface area contributed by atoms with Gasteiger partial charge in [-0.2, -0.15) is 0 Å². The Bertz CT molecular complexity index is 1430. The van der Waals surface area contributed by atoms with E-state index in [-0.39, 0.29) is 17.1 Å². The van der Waals surface area contributed by atoms with Crippen LogP contribution in [0.3, 0.4) is 0 Å². The van der Waals surface area contributed by atoms with Gasteiger partial charge in [0.25, 0.3) is 0 Å². The summed E-state index contributed by atoms with van der Waals surface area (Å²) in [7, 11) is -2.87. The Morgan fingerprint density at radius 1 is 1.11 bits per heavy atom. The van der Waals surface area contributed by atoms with Crippen LogP contribution in [0.25, 0.3) is 22.2 Å². The van der Waals surface area contributed by atoms with Gasteiger partial charge in [-0.1, -0.05) is 12.1 Å². The lowest BCUT2D eigenvalue weighted by Crippen LogP contribution is -2.51. The van der Waals surface area contributed by atoms with Gasteiger partial charge in [0.1, 0.15) is 35.7 Å². The summed E-state index contributed by atoms with van der Waals surface area (Å²) in [6.45, 7) is 1.85. The first-order chi connectivity index (χ1) is 17.9. The molecule has 7 rings (SSSR count). The molecule has 3 saturated heterocycles. The lowest BCUT2D eigenvalue weighted by atomic mass is 9.85.